The van der Waals surface area contributed by atoms with Gasteiger partial charge in [0.15, 0.2) is 0 Å². The highest BCUT2D eigenvalue weighted by atomic mass is 16.2. The first-order chi connectivity index (χ1) is 12.6. The van der Waals surface area contributed by atoms with E-state index in [0.717, 1.165) is 45.2 Å². The van der Waals surface area contributed by atoms with Gasteiger partial charge in [-0.25, -0.2) is 0 Å². The fourth-order valence-electron chi connectivity index (χ4n) is 4.40. The molecule has 4 rings (SSSR count). The Balaban J connectivity index is 1.58. The molecule has 6 heteroatoms. The Kier molecular flexibility index (Phi) is 4.53. The highest BCUT2D eigenvalue weighted by Gasteiger charge is 2.40. The molecule has 1 aliphatic carbocycles. The van der Waals surface area contributed by atoms with Gasteiger partial charge in [0.05, 0.1) is 11.1 Å². The summed E-state index contributed by atoms with van der Waals surface area (Å²) in [6, 6.07) is 5.11. The molecule has 2 aliphatic heterocycles. The zero-order chi connectivity index (χ0) is 18.3. The number of carbonyl (C=O) groups is 3. The van der Waals surface area contributed by atoms with Gasteiger partial charge in [-0.3, -0.25) is 19.3 Å². The third-order valence-electron chi connectivity index (χ3n) is 6.01. The summed E-state index contributed by atoms with van der Waals surface area (Å²) in [6.07, 6.45) is 5.98. The summed E-state index contributed by atoms with van der Waals surface area (Å²) in [7, 11) is 1.80. The fourth-order valence-corrected chi connectivity index (χ4v) is 4.40. The Labute approximate surface area is 153 Å². The van der Waals surface area contributed by atoms with Crippen LogP contribution in [0.3, 0.4) is 0 Å². The summed E-state index contributed by atoms with van der Waals surface area (Å²) in [5.74, 6) is -0.543. The molecule has 0 radical (unpaired) electrons. The molecule has 0 aromatic heterocycles. The number of nitrogens with zero attached hydrogens (tertiary/aromatic N) is 2. The first-order valence-electron chi connectivity index (χ1n) is 9.57. The summed E-state index contributed by atoms with van der Waals surface area (Å²) in [4.78, 5) is 41.6. The number of benzene rings is 1. The van der Waals surface area contributed by atoms with Gasteiger partial charge in [-0.2, -0.15) is 0 Å². The maximum Gasteiger partial charge on any atom is 0.261 e. The van der Waals surface area contributed by atoms with Gasteiger partial charge >= 0.3 is 0 Å². The smallest absolute Gasteiger partial charge is 0.261 e. The number of hydrogen-bond acceptors (Lipinski definition) is 4. The molecule has 138 valence electrons. The lowest BCUT2D eigenvalue weighted by atomic mass is 9.94. The Hall–Kier alpha value is -2.21. The molecule has 3 aliphatic rings. The molecular weight excluding hydrogens is 330 g/mol. The van der Waals surface area contributed by atoms with E-state index >= 15 is 0 Å². The van der Waals surface area contributed by atoms with Crippen molar-refractivity contribution in [3.05, 3.63) is 34.9 Å². The monoisotopic (exact) mass is 355 g/mol. The number of rotatable bonds is 3. The lowest BCUT2D eigenvalue weighted by Crippen LogP contribution is -2.40. The van der Waals surface area contributed by atoms with Crippen molar-refractivity contribution in [3.63, 3.8) is 0 Å². The molecule has 2 fully saturated rings. The van der Waals surface area contributed by atoms with Crippen molar-refractivity contribution in [2.75, 3.05) is 20.1 Å². The first-order valence-corrected chi connectivity index (χ1v) is 9.57. The minimum atomic E-state index is -0.239. The first kappa shape index (κ1) is 17.2. The number of amides is 3. The predicted molar refractivity (Wildman–Crippen MR) is 97.2 cm³/mol. The van der Waals surface area contributed by atoms with E-state index in [9.17, 15) is 14.4 Å². The molecular formula is C20H25N3O3. The van der Waals surface area contributed by atoms with Crippen molar-refractivity contribution < 1.29 is 14.4 Å². The minimum Gasteiger partial charge on any atom is -0.337 e. The van der Waals surface area contributed by atoms with Crippen LogP contribution in [0.4, 0.5) is 0 Å². The third-order valence-corrected chi connectivity index (χ3v) is 6.01. The highest BCUT2D eigenvalue weighted by Crippen LogP contribution is 2.31. The maximum atomic E-state index is 12.9. The summed E-state index contributed by atoms with van der Waals surface area (Å²) in [5.41, 5.74) is 1.29. The van der Waals surface area contributed by atoms with Gasteiger partial charge in [0, 0.05) is 31.2 Å². The Morgan fingerprint density at radius 2 is 1.81 bits per heavy atom. The summed E-state index contributed by atoms with van der Waals surface area (Å²) >= 11 is 0. The van der Waals surface area contributed by atoms with Crippen LogP contribution in [0.5, 0.6) is 0 Å². The van der Waals surface area contributed by atoms with Crippen molar-refractivity contribution >= 4 is 17.7 Å². The van der Waals surface area contributed by atoms with Gasteiger partial charge in [-0.1, -0.05) is 19.3 Å². The molecule has 1 N–H and O–H groups in total. The SMILES string of the molecule is CN(C(=O)c1ccc2c(c1)C(=O)N(C1CCCCC1)C2=O)C1CCNC1. The second-order valence-corrected chi connectivity index (χ2v) is 7.60. The average Bonchev–Trinajstić information content (AvgIpc) is 3.29. The van der Waals surface area contributed by atoms with E-state index in [4.69, 9.17) is 0 Å². The summed E-state index contributed by atoms with van der Waals surface area (Å²) < 4.78 is 0. The van der Waals surface area contributed by atoms with Crippen LogP contribution in [-0.2, 0) is 0 Å². The Morgan fingerprint density at radius 3 is 2.50 bits per heavy atom. The predicted octanol–water partition coefficient (Wildman–Crippen LogP) is 2.05. The Morgan fingerprint density at radius 1 is 1.08 bits per heavy atom. The van der Waals surface area contributed by atoms with Gasteiger partial charge in [0.25, 0.3) is 17.7 Å². The summed E-state index contributed by atoms with van der Waals surface area (Å²) in [5, 5.41) is 3.26. The van der Waals surface area contributed by atoms with Gasteiger partial charge in [-0.05, 0) is 44.0 Å². The van der Waals surface area contributed by atoms with Crippen LogP contribution in [0.15, 0.2) is 18.2 Å². The zero-order valence-corrected chi connectivity index (χ0v) is 15.2. The topological polar surface area (TPSA) is 69.7 Å². The van der Waals surface area contributed by atoms with E-state index in [-0.39, 0.29) is 29.8 Å². The fraction of sp³-hybridized carbons (Fsp3) is 0.550. The van der Waals surface area contributed by atoms with Crippen LogP contribution in [0, 0.1) is 0 Å². The quantitative estimate of drug-likeness (QED) is 0.843. The molecule has 1 saturated heterocycles. The number of nitrogens with one attached hydrogen (secondary N) is 1. The lowest BCUT2D eigenvalue weighted by molar-refractivity contribution is 0.0548. The highest BCUT2D eigenvalue weighted by molar-refractivity contribution is 6.22. The molecule has 2 heterocycles. The van der Waals surface area contributed by atoms with Crippen molar-refractivity contribution in [1.29, 1.82) is 0 Å². The summed E-state index contributed by atoms with van der Waals surface area (Å²) in [6.45, 7) is 1.70. The van der Waals surface area contributed by atoms with Crippen molar-refractivity contribution in [2.45, 2.75) is 50.6 Å². The minimum absolute atomic E-state index is 0.00235. The molecule has 1 saturated carbocycles. The average molecular weight is 355 g/mol. The van der Waals surface area contributed by atoms with Crippen LogP contribution in [0.25, 0.3) is 0 Å². The zero-order valence-electron chi connectivity index (χ0n) is 15.2. The lowest BCUT2D eigenvalue weighted by Gasteiger charge is -2.29. The maximum absolute atomic E-state index is 12.9. The van der Waals surface area contributed by atoms with E-state index in [1.807, 2.05) is 0 Å². The van der Waals surface area contributed by atoms with Crippen LogP contribution in [0.1, 0.15) is 69.6 Å². The van der Waals surface area contributed by atoms with Crippen LogP contribution in [0.2, 0.25) is 0 Å². The van der Waals surface area contributed by atoms with E-state index in [2.05, 4.69) is 5.32 Å². The molecule has 26 heavy (non-hydrogen) atoms. The molecule has 0 bridgehead atoms. The van der Waals surface area contributed by atoms with Crippen molar-refractivity contribution in [1.82, 2.24) is 15.1 Å². The van der Waals surface area contributed by atoms with Crippen LogP contribution >= 0.6 is 0 Å². The van der Waals surface area contributed by atoms with E-state index < -0.39 is 0 Å². The Bertz CT molecular complexity index is 749. The van der Waals surface area contributed by atoms with Crippen molar-refractivity contribution in [3.8, 4) is 0 Å². The molecule has 3 amide bonds. The normalized spacial score (nSPS) is 23.4. The number of likely N-dealkylation sites (N-methyl/N-ethyl adjacent to an activating group) is 1. The third kappa shape index (κ3) is 2.82. The van der Waals surface area contributed by atoms with Crippen LogP contribution < -0.4 is 5.32 Å². The molecule has 6 nitrogen and oxygen atoms in total. The van der Waals surface area contributed by atoms with Gasteiger partial charge in [0.1, 0.15) is 0 Å². The number of imide groups is 1. The van der Waals surface area contributed by atoms with E-state index in [1.54, 1.807) is 30.1 Å². The largest absolute Gasteiger partial charge is 0.337 e. The van der Waals surface area contributed by atoms with E-state index in [0.29, 0.717) is 16.7 Å². The molecule has 1 unspecified atom stereocenters. The second-order valence-electron chi connectivity index (χ2n) is 7.60. The van der Waals surface area contributed by atoms with E-state index in [1.165, 1.54) is 11.3 Å². The number of carbonyl (C=O) groups excluding carboxylic acids is 3. The van der Waals surface area contributed by atoms with Crippen LogP contribution in [-0.4, -0.2) is 59.7 Å². The molecule has 1 aromatic carbocycles. The van der Waals surface area contributed by atoms with Gasteiger partial charge in [-0.15, -0.1) is 0 Å². The van der Waals surface area contributed by atoms with Gasteiger partial charge < -0.3 is 10.2 Å². The molecule has 1 aromatic rings. The van der Waals surface area contributed by atoms with Crippen molar-refractivity contribution in [2.24, 2.45) is 0 Å². The molecule has 1 atom stereocenters. The van der Waals surface area contributed by atoms with Gasteiger partial charge in [0.2, 0.25) is 0 Å². The second kappa shape index (κ2) is 6.83. The molecule has 0 spiro atoms. The number of hydrogen-bond donors (Lipinski definition) is 1. The standard InChI is InChI=1S/C20H25N3O3/c1-22(15-9-10-21-12-15)18(24)13-7-8-16-17(11-13)20(26)23(19(16)25)14-5-3-2-4-6-14/h7-8,11,14-15,21H,2-6,9-10,12H2,1H3. The number of fused-ring (bicyclic) bond motifs is 1.